The van der Waals surface area contributed by atoms with E-state index in [0.29, 0.717) is 5.95 Å². The van der Waals surface area contributed by atoms with E-state index in [-0.39, 0.29) is 0 Å². The molecule has 0 N–H and O–H groups in total. The van der Waals surface area contributed by atoms with Gasteiger partial charge in [0.1, 0.15) is 0 Å². The van der Waals surface area contributed by atoms with Gasteiger partial charge in [0.05, 0.1) is 5.69 Å². The molecule has 0 saturated carbocycles. The summed E-state index contributed by atoms with van der Waals surface area (Å²) in [5, 5.41) is 7.86. The summed E-state index contributed by atoms with van der Waals surface area (Å²) < 4.78 is 0. The van der Waals surface area contributed by atoms with E-state index >= 15 is 0 Å². The lowest BCUT2D eigenvalue weighted by molar-refractivity contribution is 1.07. The fourth-order valence-electron chi connectivity index (χ4n) is 0.940. The Kier molecular flexibility index (Phi) is 2.56. The van der Waals surface area contributed by atoms with Crippen LogP contribution in [0.4, 0.5) is 11.6 Å². The van der Waals surface area contributed by atoms with Crippen molar-refractivity contribution in [1.82, 2.24) is 9.97 Å². The van der Waals surface area contributed by atoms with Crippen molar-refractivity contribution in [3.63, 3.8) is 0 Å². The molecule has 0 unspecified atom stereocenters. The first-order valence-electron chi connectivity index (χ1n) is 4.19. The number of hydrogen-bond donors (Lipinski definition) is 0. The first kappa shape index (κ1) is 8.50. The van der Waals surface area contributed by atoms with Crippen LogP contribution in [0.15, 0.2) is 59.0 Å². The van der Waals surface area contributed by atoms with E-state index in [1.54, 1.807) is 18.5 Å². The van der Waals surface area contributed by atoms with Crippen molar-refractivity contribution in [2.75, 3.05) is 0 Å². The van der Waals surface area contributed by atoms with Gasteiger partial charge in [-0.1, -0.05) is 18.2 Å². The maximum atomic E-state index is 3.98. The van der Waals surface area contributed by atoms with Crippen LogP contribution in [0.2, 0.25) is 0 Å². The molecule has 0 amide bonds. The van der Waals surface area contributed by atoms with Gasteiger partial charge in [-0.05, 0) is 18.2 Å². The molecule has 0 saturated heterocycles. The average molecular weight is 184 g/mol. The maximum absolute atomic E-state index is 3.98. The van der Waals surface area contributed by atoms with Crippen LogP contribution >= 0.6 is 0 Å². The van der Waals surface area contributed by atoms with Crippen molar-refractivity contribution in [1.29, 1.82) is 0 Å². The molecule has 0 spiro atoms. The highest BCUT2D eigenvalue weighted by molar-refractivity contribution is 5.35. The molecule has 0 bridgehead atoms. The van der Waals surface area contributed by atoms with Crippen molar-refractivity contribution in [2.24, 2.45) is 10.2 Å². The monoisotopic (exact) mass is 184 g/mol. The molecule has 0 aliphatic heterocycles. The van der Waals surface area contributed by atoms with E-state index in [9.17, 15) is 0 Å². The van der Waals surface area contributed by atoms with Gasteiger partial charge in [0.15, 0.2) is 0 Å². The molecule has 0 aliphatic rings. The molecule has 1 aromatic carbocycles. The van der Waals surface area contributed by atoms with Crippen LogP contribution in [0.1, 0.15) is 0 Å². The second kappa shape index (κ2) is 4.23. The zero-order chi connectivity index (χ0) is 9.64. The fourth-order valence-corrected chi connectivity index (χ4v) is 0.940. The van der Waals surface area contributed by atoms with Crippen molar-refractivity contribution in [3.8, 4) is 0 Å². The predicted molar refractivity (Wildman–Crippen MR) is 52.7 cm³/mol. The molecule has 2 aromatic rings. The van der Waals surface area contributed by atoms with Crippen molar-refractivity contribution in [3.05, 3.63) is 48.8 Å². The zero-order valence-electron chi connectivity index (χ0n) is 7.41. The molecule has 68 valence electrons. The highest BCUT2D eigenvalue weighted by Crippen LogP contribution is 2.12. The highest BCUT2D eigenvalue weighted by atomic mass is 15.2. The zero-order valence-corrected chi connectivity index (χ0v) is 7.41. The lowest BCUT2D eigenvalue weighted by Gasteiger charge is -1.89. The molecule has 2 rings (SSSR count). The van der Waals surface area contributed by atoms with Gasteiger partial charge in [-0.15, -0.1) is 10.2 Å². The van der Waals surface area contributed by atoms with Crippen molar-refractivity contribution < 1.29 is 0 Å². The quantitative estimate of drug-likeness (QED) is 0.674. The Hall–Kier alpha value is -2.10. The molecule has 0 fully saturated rings. The molecule has 1 aromatic heterocycles. The second-order valence-corrected chi connectivity index (χ2v) is 2.58. The van der Waals surface area contributed by atoms with E-state index in [1.165, 1.54) is 0 Å². The van der Waals surface area contributed by atoms with Gasteiger partial charge in [-0.25, -0.2) is 9.97 Å². The molecule has 1 heterocycles. The van der Waals surface area contributed by atoms with Crippen LogP contribution in [0.5, 0.6) is 0 Å². The average Bonchev–Trinajstić information content (AvgIpc) is 2.29. The minimum atomic E-state index is 0.372. The lowest BCUT2D eigenvalue weighted by Crippen LogP contribution is -1.75. The van der Waals surface area contributed by atoms with Gasteiger partial charge in [0, 0.05) is 12.4 Å². The Labute approximate surface area is 81.4 Å². The molecule has 4 nitrogen and oxygen atoms in total. The molecule has 0 aliphatic carbocycles. The smallest absolute Gasteiger partial charge is 0.218 e. The second-order valence-electron chi connectivity index (χ2n) is 2.58. The number of aromatic nitrogens is 2. The summed E-state index contributed by atoms with van der Waals surface area (Å²) >= 11 is 0. The van der Waals surface area contributed by atoms with E-state index in [2.05, 4.69) is 20.2 Å². The number of rotatable bonds is 2. The van der Waals surface area contributed by atoms with Crippen molar-refractivity contribution >= 4 is 11.6 Å². The third-order valence-corrected chi connectivity index (χ3v) is 1.56. The molecule has 4 heteroatoms. The molecular weight excluding hydrogens is 176 g/mol. The van der Waals surface area contributed by atoms with Crippen LogP contribution in [0.3, 0.4) is 0 Å². The van der Waals surface area contributed by atoms with Gasteiger partial charge in [0.25, 0.3) is 5.95 Å². The molecule has 0 radical (unpaired) electrons. The highest BCUT2D eigenvalue weighted by Gasteiger charge is 1.89. The van der Waals surface area contributed by atoms with Gasteiger partial charge < -0.3 is 0 Å². The predicted octanol–water partition coefficient (Wildman–Crippen LogP) is 2.89. The maximum Gasteiger partial charge on any atom is 0.268 e. The van der Waals surface area contributed by atoms with Crippen LogP contribution in [0.25, 0.3) is 0 Å². The fraction of sp³-hybridized carbons (Fsp3) is 0. The first-order valence-corrected chi connectivity index (χ1v) is 4.19. The topological polar surface area (TPSA) is 50.5 Å². The Morgan fingerprint density at radius 3 is 2.21 bits per heavy atom. The van der Waals surface area contributed by atoms with E-state index in [4.69, 9.17) is 0 Å². The number of hydrogen-bond acceptors (Lipinski definition) is 4. The number of azo groups is 1. The largest absolute Gasteiger partial charge is 0.268 e. The molecule has 14 heavy (non-hydrogen) atoms. The van der Waals surface area contributed by atoms with Gasteiger partial charge in [-0.3, -0.25) is 0 Å². The third-order valence-electron chi connectivity index (χ3n) is 1.56. The number of benzene rings is 1. The van der Waals surface area contributed by atoms with Gasteiger partial charge >= 0.3 is 0 Å². The standard InChI is InChI=1S/C10H8N4/c1-2-5-9(6-3-1)13-14-10-11-7-4-8-12-10/h1-8H/b14-13+. The minimum absolute atomic E-state index is 0.372. The van der Waals surface area contributed by atoms with Crippen LogP contribution < -0.4 is 0 Å². The molecule has 0 atom stereocenters. The van der Waals surface area contributed by atoms with Gasteiger partial charge in [0.2, 0.25) is 0 Å². The van der Waals surface area contributed by atoms with E-state index < -0.39 is 0 Å². The van der Waals surface area contributed by atoms with Crippen molar-refractivity contribution in [2.45, 2.75) is 0 Å². The first-order chi connectivity index (χ1) is 6.95. The Morgan fingerprint density at radius 2 is 1.50 bits per heavy atom. The Morgan fingerprint density at radius 1 is 0.786 bits per heavy atom. The van der Waals surface area contributed by atoms with Crippen LogP contribution in [-0.4, -0.2) is 9.97 Å². The number of nitrogens with zero attached hydrogens (tertiary/aromatic N) is 4. The normalized spacial score (nSPS) is 10.6. The third kappa shape index (κ3) is 2.20. The summed E-state index contributed by atoms with van der Waals surface area (Å²) in [6.07, 6.45) is 3.26. The lowest BCUT2D eigenvalue weighted by atomic mass is 10.3. The summed E-state index contributed by atoms with van der Waals surface area (Å²) in [5.74, 6) is 0.372. The van der Waals surface area contributed by atoms with Gasteiger partial charge in [-0.2, -0.15) is 0 Å². The van der Waals surface area contributed by atoms with E-state index in [0.717, 1.165) is 5.69 Å². The summed E-state index contributed by atoms with van der Waals surface area (Å²) in [7, 11) is 0. The Bertz CT molecular complexity index is 369. The van der Waals surface area contributed by atoms with E-state index in [1.807, 2.05) is 30.3 Å². The summed E-state index contributed by atoms with van der Waals surface area (Å²) in [4.78, 5) is 7.84. The molecular formula is C10H8N4. The summed E-state index contributed by atoms with van der Waals surface area (Å²) in [6.45, 7) is 0. The summed E-state index contributed by atoms with van der Waals surface area (Å²) in [5.41, 5.74) is 0.792. The van der Waals surface area contributed by atoms with Crippen LogP contribution in [0, 0.1) is 0 Å². The summed E-state index contributed by atoms with van der Waals surface area (Å²) in [6, 6.07) is 11.2. The minimum Gasteiger partial charge on any atom is -0.218 e. The van der Waals surface area contributed by atoms with Crippen LogP contribution in [-0.2, 0) is 0 Å². The Balaban J connectivity index is 2.16. The SMILES string of the molecule is c1ccc(/N=N/c2ncccn2)cc1.